The van der Waals surface area contributed by atoms with Gasteiger partial charge in [0.2, 0.25) is 5.78 Å². The van der Waals surface area contributed by atoms with Gasteiger partial charge in [-0.1, -0.05) is 18.2 Å². The number of aromatic nitrogens is 5. The van der Waals surface area contributed by atoms with Gasteiger partial charge in [0.1, 0.15) is 0 Å². The van der Waals surface area contributed by atoms with Gasteiger partial charge in [0, 0.05) is 37.1 Å². The maximum atomic E-state index is 13.2. The van der Waals surface area contributed by atoms with E-state index in [1.807, 2.05) is 22.6 Å². The van der Waals surface area contributed by atoms with Gasteiger partial charge >= 0.3 is 5.69 Å². The van der Waals surface area contributed by atoms with Crippen molar-refractivity contribution in [2.45, 2.75) is 43.9 Å². The molecule has 0 saturated heterocycles. The lowest BCUT2D eigenvalue weighted by Gasteiger charge is -2.56. The van der Waals surface area contributed by atoms with Crippen LogP contribution in [0.3, 0.4) is 0 Å². The molecule has 0 aliphatic heterocycles. The summed E-state index contributed by atoms with van der Waals surface area (Å²) in [7, 11) is 3.22. The van der Waals surface area contributed by atoms with E-state index in [9.17, 15) is 9.59 Å². The van der Waals surface area contributed by atoms with Gasteiger partial charge in [-0.05, 0) is 68.4 Å². The smallest absolute Gasteiger partial charge is 0.282 e. The van der Waals surface area contributed by atoms with Crippen LogP contribution < -0.4 is 11.2 Å². The number of hydrogen-bond donors (Lipinski definition) is 0. The highest BCUT2D eigenvalue weighted by molar-refractivity contribution is 5.76. The van der Waals surface area contributed by atoms with Crippen molar-refractivity contribution in [3.8, 4) is 5.69 Å². The molecule has 0 amide bonds. The minimum Gasteiger partial charge on any atom is -0.282 e. The maximum Gasteiger partial charge on any atom is 0.332 e. The van der Waals surface area contributed by atoms with Crippen LogP contribution in [0.1, 0.15) is 44.2 Å². The number of imidazole rings is 2. The van der Waals surface area contributed by atoms with Gasteiger partial charge in [-0.15, -0.1) is 0 Å². The Hall–Kier alpha value is -3.09. The van der Waals surface area contributed by atoms with Crippen LogP contribution in [0.15, 0.2) is 46.1 Å². The molecule has 4 aromatic rings. The van der Waals surface area contributed by atoms with Crippen molar-refractivity contribution in [3.05, 3.63) is 63.1 Å². The third kappa shape index (κ3) is 2.23. The molecule has 164 valence electrons. The number of aryl methyl sites for hydroxylation is 1. The highest BCUT2D eigenvalue weighted by Crippen LogP contribution is 2.61. The molecule has 4 saturated carbocycles. The molecule has 0 unspecified atom stereocenters. The molecule has 1 aromatic carbocycles. The summed E-state index contributed by atoms with van der Waals surface area (Å²) in [6.07, 6.45) is 10.0. The summed E-state index contributed by atoms with van der Waals surface area (Å²) < 4.78 is 6.86. The highest BCUT2D eigenvalue weighted by Gasteiger charge is 2.53. The molecule has 0 spiro atoms. The molecule has 0 radical (unpaired) electrons. The number of fused-ring (bicyclic) bond motifs is 3. The molecule has 4 aliphatic carbocycles. The van der Waals surface area contributed by atoms with Crippen LogP contribution in [-0.4, -0.2) is 23.1 Å². The van der Waals surface area contributed by atoms with Crippen molar-refractivity contribution in [3.63, 3.8) is 0 Å². The second-order valence-corrected chi connectivity index (χ2v) is 10.5. The first-order valence-electron chi connectivity index (χ1n) is 11.7. The Morgan fingerprint density at radius 3 is 2.16 bits per heavy atom. The largest absolute Gasteiger partial charge is 0.332 e. The van der Waals surface area contributed by atoms with Crippen molar-refractivity contribution in [2.24, 2.45) is 31.8 Å². The van der Waals surface area contributed by atoms with Crippen molar-refractivity contribution in [1.82, 2.24) is 23.1 Å². The molecule has 4 fully saturated rings. The van der Waals surface area contributed by atoms with Gasteiger partial charge in [-0.2, -0.15) is 4.98 Å². The normalized spacial score (nSPS) is 28.9. The van der Waals surface area contributed by atoms with E-state index in [1.54, 1.807) is 7.05 Å². The molecule has 7 heteroatoms. The quantitative estimate of drug-likeness (QED) is 0.492. The summed E-state index contributed by atoms with van der Waals surface area (Å²) in [6, 6.07) is 10.3. The van der Waals surface area contributed by atoms with Gasteiger partial charge in [0.15, 0.2) is 11.2 Å². The number of para-hydroxylation sites is 1. The molecule has 4 aliphatic rings. The van der Waals surface area contributed by atoms with Crippen molar-refractivity contribution in [2.75, 3.05) is 0 Å². The van der Waals surface area contributed by atoms with Gasteiger partial charge in [-0.3, -0.25) is 22.9 Å². The van der Waals surface area contributed by atoms with E-state index < -0.39 is 0 Å². The summed E-state index contributed by atoms with van der Waals surface area (Å²) >= 11 is 0. The molecular formula is C25H27N5O2. The number of rotatable bonds is 2. The molecule has 32 heavy (non-hydrogen) atoms. The standard InChI is InChI=1S/C25H27N5O2/c1-27-21-20(22(31)28(2)24(27)32)29-14-19(30(23(29)26-21)18-6-4-3-5-7-18)25-11-15-8-16(12-25)10-17(9-15)13-25/h3-7,14-17H,8-13H2,1-2H3. The van der Waals surface area contributed by atoms with Crippen LogP contribution in [0.25, 0.3) is 22.6 Å². The Balaban J connectivity index is 1.59. The van der Waals surface area contributed by atoms with Crippen LogP contribution in [0, 0.1) is 17.8 Å². The van der Waals surface area contributed by atoms with Crippen LogP contribution >= 0.6 is 0 Å². The van der Waals surface area contributed by atoms with E-state index in [1.165, 1.54) is 60.4 Å². The lowest BCUT2D eigenvalue weighted by atomic mass is 9.49. The third-order valence-corrected chi connectivity index (χ3v) is 8.56. The Bertz CT molecular complexity index is 1480. The van der Waals surface area contributed by atoms with E-state index >= 15 is 0 Å². The predicted molar refractivity (Wildman–Crippen MR) is 122 cm³/mol. The first kappa shape index (κ1) is 18.5. The van der Waals surface area contributed by atoms with E-state index in [0.29, 0.717) is 11.2 Å². The number of hydrogen-bond acceptors (Lipinski definition) is 3. The zero-order valence-electron chi connectivity index (χ0n) is 18.5. The van der Waals surface area contributed by atoms with Crippen molar-refractivity contribution >= 4 is 16.9 Å². The van der Waals surface area contributed by atoms with Gasteiger partial charge < -0.3 is 0 Å². The van der Waals surface area contributed by atoms with E-state index in [4.69, 9.17) is 4.98 Å². The molecule has 4 bridgehead atoms. The molecule has 8 rings (SSSR count). The number of benzene rings is 1. The van der Waals surface area contributed by atoms with Crippen molar-refractivity contribution in [1.29, 1.82) is 0 Å². The third-order valence-electron chi connectivity index (χ3n) is 8.56. The molecular weight excluding hydrogens is 402 g/mol. The van der Waals surface area contributed by atoms with Crippen LogP contribution in [0.4, 0.5) is 0 Å². The SMILES string of the molecule is Cn1c(=O)c2c(nc3n(-c4ccccc4)c(C45CC6CC(CC(C6)C4)C5)cn23)n(C)c1=O. The van der Waals surface area contributed by atoms with E-state index in [0.717, 1.165) is 29.2 Å². The summed E-state index contributed by atoms with van der Waals surface area (Å²) in [5.74, 6) is 3.17. The summed E-state index contributed by atoms with van der Waals surface area (Å²) in [5, 5.41) is 0. The lowest BCUT2D eigenvalue weighted by molar-refractivity contribution is -0.00786. The second kappa shape index (κ2) is 6.03. The highest BCUT2D eigenvalue weighted by atomic mass is 16.2. The summed E-state index contributed by atoms with van der Waals surface area (Å²) in [4.78, 5) is 30.6. The fourth-order valence-electron chi connectivity index (χ4n) is 7.60. The Morgan fingerprint density at radius 2 is 1.53 bits per heavy atom. The van der Waals surface area contributed by atoms with E-state index in [-0.39, 0.29) is 16.7 Å². The molecule has 0 N–H and O–H groups in total. The lowest BCUT2D eigenvalue weighted by Crippen LogP contribution is -2.49. The fraction of sp³-hybridized carbons (Fsp3) is 0.480. The van der Waals surface area contributed by atoms with E-state index in [2.05, 4.69) is 22.9 Å². The minimum absolute atomic E-state index is 0.142. The summed E-state index contributed by atoms with van der Waals surface area (Å²) in [6.45, 7) is 0. The van der Waals surface area contributed by atoms with Crippen LogP contribution in [0.2, 0.25) is 0 Å². The molecule has 3 heterocycles. The maximum absolute atomic E-state index is 13.2. The molecule has 0 atom stereocenters. The predicted octanol–water partition coefficient (Wildman–Crippen LogP) is 3.14. The average Bonchev–Trinajstić information content (AvgIpc) is 3.33. The topological polar surface area (TPSA) is 66.2 Å². The Labute approximate surface area is 184 Å². The van der Waals surface area contributed by atoms with Gasteiger partial charge in [0.25, 0.3) is 5.56 Å². The fourth-order valence-corrected chi connectivity index (χ4v) is 7.60. The first-order chi connectivity index (χ1) is 15.4. The zero-order chi connectivity index (χ0) is 21.8. The zero-order valence-corrected chi connectivity index (χ0v) is 18.5. The Morgan fingerprint density at radius 1 is 0.906 bits per heavy atom. The minimum atomic E-state index is -0.351. The average molecular weight is 430 g/mol. The number of nitrogens with zero attached hydrogens (tertiary/aromatic N) is 5. The second-order valence-electron chi connectivity index (χ2n) is 10.5. The van der Waals surface area contributed by atoms with Crippen molar-refractivity contribution < 1.29 is 0 Å². The van der Waals surface area contributed by atoms with Crippen LogP contribution in [-0.2, 0) is 19.5 Å². The summed E-state index contributed by atoms with van der Waals surface area (Å²) in [5.41, 5.74) is 2.76. The molecule has 3 aromatic heterocycles. The van der Waals surface area contributed by atoms with Crippen LogP contribution in [0.5, 0.6) is 0 Å². The van der Waals surface area contributed by atoms with Gasteiger partial charge in [0.05, 0.1) is 0 Å². The molecule has 7 nitrogen and oxygen atoms in total. The van der Waals surface area contributed by atoms with Gasteiger partial charge in [-0.25, -0.2) is 4.79 Å². The first-order valence-corrected chi connectivity index (χ1v) is 11.7. The monoisotopic (exact) mass is 429 g/mol. The Kier molecular flexibility index (Phi) is 3.48.